The molecule has 1 aromatic carbocycles. The lowest BCUT2D eigenvalue weighted by molar-refractivity contribution is -0.384. The van der Waals surface area contributed by atoms with Crippen LogP contribution in [0.15, 0.2) is 24.3 Å². The standard InChI is InChI=1S/C15H22N2O5S/c1-5-9-23(21,22)12(3)15(18)16(4)11(2)13-7-6-8-14(10-13)17(19)20/h6-8,10-12H,5,9H2,1-4H3. The van der Waals surface area contributed by atoms with Gasteiger partial charge in [0, 0.05) is 19.2 Å². The van der Waals surface area contributed by atoms with Crippen molar-refractivity contribution in [3.63, 3.8) is 0 Å². The van der Waals surface area contributed by atoms with E-state index in [2.05, 4.69) is 0 Å². The Morgan fingerprint density at radius 3 is 2.48 bits per heavy atom. The summed E-state index contributed by atoms with van der Waals surface area (Å²) in [6.07, 6.45) is 0.449. The van der Waals surface area contributed by atoms with Crippen LogP contribution in [0.1, 0.15) is 38.8 Å². The number of rotatable bonds is 7. The van der Waals surface area contributed by atoms with E-state index in [9.17, 15) is 23.3 Å². The quantitative estimate of drug-likeness (QED) is 0.559. The van der Waals surface area contributed by atoms with Gasteiger partial charge in [-0.05, 0) is 25.8 Å². The summed E-state index contributed by atoms with van der Waals surface area (Å²) in [5.41, 5.74) is 0.511. The molecular formula is C15H22N2O5S. The maximum absolute atomic E-state index is 12.4. The second-order valence-electron chi connectivity index (χ2n) is 5.49. The molecule has 1 aromatic rings. The number of hydrogen-bond donors (Lipinski definition) is 0. The Hall–Kier alpha value is -1.96. The van der Waals surface area contributed by atoms with Gasteiger partial charge in [-0.15, -0.1) is 0 Å². The van der Waals surface area contributed by atoms with Crippen LogP contribution in [0.5, 0.6) is 0 Å². The minimum atomic E-state index is -3.49. The molecule has 0 saturated heterocycles. The van der Waals surface area contributed by atoms with Crippen LogP contribution in [0.3, 0.4) is 0 Å². The summed E-state index contributed by atoms with van der Waals surface area (Å²) in [6.45, 7) is 4.82. The van der Waals surface area contributed by atoms with Crippen molar-refractivity contribution in [1.29, 1.82) is 0 Å². The number of sulfone groups is 1. The fourth-order valence-electron chi connectivity index (χ4n) is 2.21. The Bertz CT molecular complexity index is 687. The van der Waals surface area contributed by atoms with Gasteiger partial charge in [0.15, 0.2) is 9.84 Å². The molecule has 0 aliphatic rings. The fourth-order valence-corrected chi connectivity index (χ4v) is 3.61. The van der Waals surface area contributed by atoms with Gasteiger partial charge < -0.3 is 4.90 Å². The number of hydrogen-bond acceptors (Lipinski definition) is 5. The van der Waals surface area contributed by atoms with Gasteiger partial charge in [0.25, 0.3) is 5.69 Å². The molecule has 2 atom stereocenters. The number of non-ortho nitro benzene ring substituents is 1. The monoisotopic (exact) mass is 342 g/mol. The summed E-state index contributed by atoms with van der Waals surface area (Å²) >= 11 is 0. The molecule has 0 N–H and O–H groups in total. The van der Waals surface area contributed by atoms with Crippen molar-refractivity contribution in [3.8, 4) is 0 Å². The first kappa shape index (κ1) is 19.1. The van der Waals surface area contributed by atoms with Crippen molar-refractivity contribution in [2.75, 3.05) is 12.8 Å². The van der Waals surface area contributed by atoms with Gasteiger partial charge in [0.05, 0.1) is 16.7 Å². The predicted molar refractivity (Wildman–Crippen MR) is 87.8 cm³/mol. The zero-order chi connectivity index (χ0) is 17.8. The van der Waals surface area contributed by atoms with E-state index in [0.29, 0.717) is 12.0 Å². The van der Waals surface area contributed by atoms with Crippen LogP contribution < -0.4 is 0 Å². The number of nitrogens with zero attached hydrogens (tertiary/aromatic N) is 2. The SMILES string of the molecule is CCCS(=O)(=O)C(C)C(=O)N(C)C(C)c1cccc([N+](=O)[O-])c1. The Kier molecular flexibility index (Phi) is 6.26. The highest BCUT2D eigenvalue weighted by Gasteiger charge is 2.31. The van der Waals surface area contributed by atoms with Gasteiger partial charge in [0.1, 0.15) is 5.25 Å². The first-order valence-electron chi connectivity index (χ1n) is 7.34. The van der Waals surface area contributed by atoms with Gasteiger partial charge in [-0.3, -0.25) is 14.9 Å². The minimum absolute atomic E-state index is 0.0427. The molecule has 0 heterocycles. The first-order chi connectivity index (χ1) is 10.6. The number of carbonyl (C=O) groups excluding carboxylic acids is 1. The highest BCUT2D eigenvalue weighted by molar-refractivity contribution is 7.92. The van der Waals surface area contributed by atoms with Crippen LogP contribution in [0.25, 0.3) is 0 Å². The second-order valence-corrected chi connectivity index (χ2v) is 7.93. The zero-order valence-electron chi connectivity index (χ0n) is 13.7. The first-order valence-corrected chi connectivity index (χ1v) is 9.06. The Morgan fingerprint density at radius 1 is 1.35 bits per heavy atom. The van der Waals surface area contributed by atoms with Gasteiger partial charge in [-0.25, -0.2) is 8.42 Å². The van der Waals surface area contributed by atoms with Crippen LogP contribution >= 0.6 is 0 Å². The Balaban J connectivity index is 3.00. The molecule has 7 nitrogen and oxygen atoms in total. The van der Waals surface area contributed by atoms with Gasteiger partial charge >= 0.3 is 0 Å². The number of nitro groups is 1. The molecule has 1 amide bonds. The lowest BCUT2D eigenvalue weighted by Gasteiger charge is -2.27. The molecular weight excluding hydrogens is 320 g/mol. The summed E-state index contributed by atoms with van der Waals surface area (Å²) in [5.74, 6) is -0.559. The van der Waals surface area contributed by atoms with Crippen molar-refractivity contribution < 1.29 is 18.1 Å². The molecule has 0 saturated carbocycles. The predicted octanol–water partition coefficient (Wildman–Crippen LogP) is 2.33. The number of carbonyl (C=O) groups is 1. The van der Waals surface area contributed by atoms with E-state index >= 15 is 0 Å². The second kappa shape index (κ2) is 7.54. The fraction of sp³-hybridized carbons (Fsp3) is 0.533. The maximum Gasteiger partial charge on any atom is 0.269 e. The van der Waals surface area contributed by atoms with E-state index in [1.165, 1.54) is 31.0 Å². The largest absolute Gasteiger partial charge is 0.338 e. The topological polar surface area (TPSA) is 97.6 Å². The number of amides is 1. The van der Waals surface area contributed by atoms with E-state index in [0.717, 1.165) is 0 Å². The maximum atomic E-state index is 12.4. The third-order valence-electron chi connectivity index (χ3n) is 3.87. The summed E-state index contributed by atoms with van der Waals surface area (Å²) < 4.78 is 24.1. The lowest BCUT2D eigenvalue weighted by Crippen LogP contribution is -2.41. The van der Waals surface area contributed by atoms with Gasteiger partial charge in [-0.1, -0.05) is 19.1 Å². The molecule has 2 unspecified atom stereocenters. The molecule has 128 valence electrons. The molecule has 0 bridgehead atoms. The van der Waals surface area contributed by atoms with E-state index in [1.54, 1.807) is 26.0 Å². The Labute approximate surface area is 136 Å². The lowest BCUT2D eigenvalue weighted by atomic mass is 10.1. The third-order valence-corrected chi connectivity index (χ3v) is 6.12. The highest BCUT2D eigenvalue weighted by Crippen LogP contribution is 2.24. The molecule has 0 aromatic heterocycles. The van der Waals surface area contributed by atoms with Gasteiger partial charge in [-0.2, -0.15) is 0 Å². The van der Waals surface area contributed by atoms with Crippen LogP contribution in [0.2, 0.25) is 0 Å². The molecule has 0 spiro atoms. The van der Waals surface area contributed by atoms with E-state index < -0.39 is 32.0 Å². The smallest absolute Gasteiger partial charge is 0.269 e. The van der Waals surface area contributed by atoms with E-state index in [4.69, 9.17) is 0 Å². The molecule has 1 rings (SSSR count). The normalized spacial score (nSPS) is 14.1. The molecule has 0 aliphatic heterocycles. The van der Waals surface area contributed by atoms with Crippen LogP contribution in [0.4, 0.5) is 5.69 Å². The Morgan fingerprint density at radius 2 is 1.96 bits per heavy atom. The van der Waals surface area contributed by atoms with Crippen LogP contribution in [-0.2, 0) is 14.6 Å². The molecule has 0 fully saturated rings. The minimum Gasteiger partial charge on any atom is -0.338 e. The highest BCUT2D eigenvalue weighted by atomic mass is 32.2. The van der Waals surface area contributed by atoms with Crippen LogP contribution in [0, 0.1) is 10.1 Å². The zero-order valence-corrected chi connectivity index (χ0v) is 14.5. The molecule has 23 heavy (non-hydrogen) atoms. The number of nitro benzene ring substituents is 1. The average molecular weight is 342 g/mol. The van der Waals surface area contributed by atoms with Gasteiger partial charge in [0.2, 0.25) is 5.91 Å². The van der Waals surface area contributed by atoms with Crippen molar-refractivity contribution >= 4 is 21.4 Å². The van der Waals surface area contributed by atoms with Crippen LogP contribution in [-0.4, -0.2) is 42.2 Å². The third kappa shape index (κ3) is 4.51. The van der Waals surface area contributed by atoms with Crippen molar-refractivity contribution in [2.24, 2.45) is 0 Å². The summed E-state index contributed by atoms with van der Waals surface area (Å²) in [7, 11) is -1.99. The van der Waals surface area contributed by atoms with Crippen molar-refractivity contribution in [3.05, 3.63) is 39.9 Å². The summed E-state index contributed by atoms with van der Waals surface area (Å²) in [5, 5.41) is 9.71. The van der Waals surface area contributed by atoms with Crippen molar-refractivity contribution in [2.45, 2.75) is 38.5 Å². The molecule has 0 aliphatic carbocycles. The van der Waals surface area contributed by atoms with Crippen molar-refractivity contribution in [1.82, 2.24) is 4.90 Å². The number of benzene rings is 1. The summed E-state index contributed by atoms with van der Waals surface area (Å²) in [6, 6.07) is 5.50. The van der Waals surface area contributed by atoms with E-state index in [1.807, 2.05) is 0 Å². The molecule has 8 heteroatoms. The van der Waals surface area contributed by atoms with E-state index in [-0.39, 0.29) is 11.4 Å². The molecule has 0 radical (unpaired) electrons. The summed E-state index contributed by atoms with van der Waals surface area (Å²) in [4.78, 5) is 24.1. The average Bonchev–Trinajstić information content (AvgIpc) is 2.52.